The molecule has 0 aliphatic rings. The number of hydrogen-bond acceptors (Lipinski definition) is 4. The molecule has 0 radical (unpaired) electrons. The van der Waals surface area contributed by atoms with E-state index in [1.54, 1.807) is 20.9 Å². The third-order valence-electron chi connectivity index (χ3n) is 3.81. The van der Waals surface area contributed by atoms with Crippen molar-refractivity contribution in [3.05, 3.63) is 47.2 Å². The van der Waals surface area contributed by atoms with Gasteiger partial charge < -0.3 is 15.2 Å². The molecule has 2 rings (SSSR count). The predicted molar refractivity (Wildman–Crippen MR) is 87.6 cm³/mol. The van der Waals surface area contributed by atoms with Crippen molar-refractivity contribution >= 4 is 5.91 Å². The number of aromatic nitrogens is 2. The van der Waals surface area contributed by atoms with Crippen molar-refractivity contribution in [1.29, 1.82) is 0 Å². The maximum Gasteiger partial charge on any atom is 0.258 e. The zero-order valence-electron chi connectivity index (χ0n) is 13.9. The third kappa shape index (κ3) is 3.90. The van der Waals surface area contributed by atoms with E-state index in [1.807, 2.05) is 30.3 Å². The van der Waals surface area contributed by atoms with Crippen molar-refractivity contribution in [2.45, 2.75) is 32.4 Å². The summed E-state index contributed by atoms with van der Waals surface area (Å²) in [6.07, 6.45) is -0.199. The molecule has 0 bridgehead atoms. The molecule has 0 saturated carbocycles. The molecule has 23 heavy (non-hydrogen) atoms. The van der Waals surface area contributed by atoms with Gasteiger partial charge in [0.2, 0.25) is 5.88 Å². The van der Waals surface area contributed by atoms with Crippen molar-refractivity contribution < 1.29 is 14.6 Å². The fraction of sp³-hybridized carbons (Fsp3) is 0.412. The van der Waals surface area contributed by atoms with E-state index in [9.17, 15) is 9.90 Å². The van der Waals surface area contributed by atoms with Crippen LogP contribution in [0.4, 0.5) is 0 Å². The van der Waals surface area contributed by atoms with Gasteiger partial charge in [-0.15, -0.1) is 0 Å². The minimum Gasteiger partial charge on any atom is -0.481 e. The summed E-state index contributed by atoms with van der Waals surface area (Å²) >= 11 is 0. The first-order valence-electron chi connectivity index (χ1n) is 7.54. The molecule has 0 fully saturated rings. The highest BCUT2D eigenvalue weighted by atomic mass is 16.5. The second-order valence-corrected chi connectivity index (χ2v) is 5.61. The Morgan fingerprint density at radius 3 is 2.65 bits per heavy atom. The summed E-state index contributed by atoms with van der Waals surface area (Å²) in [5, 5.41) is 17.3. The van der Waals surface area contributed by atoms with Crippen LogP contribution in [0.3, 0.4) is 0 Å². The highest BCUT2D eigenvalue weighted by molar-refractivity contribution is 5.97. The number of methoxy groups -OCH3 is 1. The van der Waals surface area contributed by atoms with Crippen LogP contribution in [0.5, 0.6) is 5.88 Å². The summed E-state index contributed by atoms with van der Waals surface area (Å²) < 4.78 is 6.76. The molecule has 6 nitrogen and oxygen atoms in total. The number of amides is 1. The Hall–Kier alpha value is -2.34. The summed E-state index contributed by atoms with van der Waals surface area (Å²) in [5.41, 5.74) is 2.01. The molecule has 2 unspecified atom stereocenters. The molecule has 2 atom stereocenters. The van der Waals surface area contributed by atoms with Crippen LogP contribution < -0.4 is 10.1 Å². The summed E-state index contributed by atoms with van der Waals surface area (Å²) in [7, 11) is 3.22. The average molecular weight is 317 g/mol. The fourth-order valence-electron chi connectivity index (χ4n) is 2.54. The maximum atomic E-state index is 12.5. The Bertz CT molecular complexity index is 667. The average Bonchev–Trinajstić information content (AvgIpc) is 2.81. The molecule has 2 N–H and O–H groups in total. The van der Waals surface area contributed by atoms with E-state index in [4.69, 9.17) is 4.74 Å². The lowest BCUT2D eigenvalue weighted by Crippen LogP contribution is -2.42. The van der Waals surface area contributed by atoms with E-state index in [0.29, 0.717) is 23.6 Å². The fourth-order valence-corrected chi connectivity index (χ4v) is 2.54. The lowest BCUT2D eigenvalue weighted by Gasteiger charge is -2.20. The Morgan fingerprint density at radius 2 is 2.04 bits per heavy atom. The van der Waals surface area contributed by atoms with Crippen LogP contribution in [0.15, 0.2) is 30.3 Å². The molecular formula is C17H23N3O3. The smallest absolute Gasteiger partial charge is 0.258 e. The Morgan fingerprint density at radius 1 is 1.39 bits per heavy atom. The molecule has 0 aliphatic carbocycles. The Balaban J connectivity index is 2.05. The largest absolute Gasteiger partial charge is 0.481 e. The summed E-state index contributed by atoms with van der Waals surface area (Å²) in [6.45, 7) is 3.53. The number of nitrogens with one attached hydrogen (secondary N) is 1. The molecule has 1 heterocycles. The molecule has 2 aromatic rings. The molecule has 0 saturated heterocycles. The van der Waals surface area contributed by atoms with Gasteiger partial charge in [-0.1, -0.05) is 30.3 Å². The van der Waals surface area contributed by atoms with Crippen molar-refractivity contribution in [2.75, 3.05) is 7.11 Å². The SMILES string of the molecule is COc1c(C(=O)NC(C)C(O)Cc2ccccc2)c(C)nn1C. The van der Waals surface area contributed by atoms with Gasteiger partial charge in [0.15, 0.2) is 0 Å². The second-order valence-electron chi connectivity index (χ2n) is 5.61. The van der Waals surface area contributed by atoms with Crippen molar-refractivity contribution in [2.24, 2.45) is 7.05 Å². The van der Waals surface area contributed by atoms with E-state index < -0.39 is 12.1 Å². The van der Waals surface area contributed by atoms with Gasteiger partial charge >= 0.3 is 0 Å². The van der Waals surface area contributed by atoms with Gasteiger partial charge in [0.05, 0.1) is 24.9 Å². The minimum absolute atomic E-state index is 0.299. The van der Waals surface area contributed by atoms with Crippen LogP contribution in [0.1, 0.15) is 28.5 Å². The summed E-state index contributed by atoms with van der Waals surface area (Å²) in [4.78, 5) is 12.5. The first-order chi connectivity index (χ1) is 10.9. The minimum atomic E-state index is -0.677. The van der Waals surface area contributed by atoms with E-state index in [1.165, 1.54) is 11.8 Å². The number of aliphatic hydroxyl groups excluding tert-OH is 1. The highest BCUT2D eigenvalue weighted by Gasteiger charge is 2.24. The van der Waals surface area contributed by atoms with Crippen LogP contribution in [-0.2, 0) is 13.5 Å². The highest BCUT2D eigenvalue weighted by Crippen LogP contribution is 2.21. The van der Waals surface area contributed by atoms with Crippen molar-refractivity contribution in [3.63, 3.8) is 0 Å². The lowest BCUT2D eigenvalue weighted by atomic mass is 10.0. The monoisotopic (exact) mass is 317 g/mol. The summed E-state index contributed by atoms with van der Waals surface area (Å²) in [5.74, 6) is 0.108. The van der Waals surface area contributed by atoms with Gasteiger partial charge in [-0.05, 0) is 19.4 Å². The van der Waals surface area contributed by atoms with Crippen LogP contribution >= 0.6 is 0 Å². The van der Waals surface area contributed by atoms with Gasteiger partial charge in [0.1, 0.15) is 5.56 Å². The standard InChI is InChI=1S/C17H23N3O3/c1-11(14(21)10-13-8-6-5-7-9-13)18-16(22)15-12(2)19-20(3)17(15)23-4/h5-9,11,14,21H,10H2,1-4H3,(H,18,22). The van der Waals surface area contributed by atoms with Gasteiger partial charge in [0.25, 0.3) is 5.91 Å². The number of benzene rings is 1. The number of aryl methyl sites for hydroxylation is 2. The summed E-state index contributed by atoms with van der Waals surface area (Å²) in [6, 6.07) is 9.29. The van der Waals surface area contributed by atoms with Gasteiger partial charge in [0, 0.05) is 13.5 Å². The number of carbonyl (C=O) groups excluding carboxylic acids is 1. The zero-order chi connectivity index (χ0) is 17.0. The molecule has 1 aromatic carbocycles. The van der Waals surface area contributed by atoms with E-state index in [-0.39, 0.29) is 5.91 Å². The second kappa shape index (κ2) is 7.28. The van der Waals surface area contributed by atoms with Crippen molar-refractivity contribution in [3.8, 4) is 5.88 Å². The number of rotatable bonds is 6. The number of aliphatic hydroxyl groups is 1. The van der Waals surface area contributed by atoms with Crippen LogP contribution in [0.2, 0.25) is 0 Å². The Labute approximate surface area is 136 Å². The van der Waals surface area contributed by atoms with Crippen molar-refractivity contribution in [1.82, 2.24) is 15.1 Å². The Kier molecular flexibility index (Phi) is 5.39. The quantitative estimate of drug-likeness (QED) is 0.846. The number of nitrogens with zero attached hydrogens (tertiary/aromatic N) is 2. The number of ether oxygens (including phenoxy) is 1. The van der Waals surface area contributed by atoms with Gasteiger partial charge in [-0.2, -0.15) is 5.10 Å². The van der Waals surface area contributed by atoms with Crippen LogP contribution in [-0.4, -0.2) is 40.0 Å². The molecule has 6 heteroatoms. The molecule has 1 amide bonds. The molecule has 0 spiro atoms. The zero-order valence-corrected chi connectivity index (χ0v) is 13.9. The normalized spacial score (nSPS) is 13.4. The number of carbonyl (C=O) groups is 1. The molecule has 0 aliphatic heterocycles. The van der Waals surface area contributed by atoms with Gasteiger partial charge in [-0.25, -0.2) is 4.68 Å². The third-order valence-corrected chi connectivity index (χ3v) is 3.81. The lowest BCUT2D eigenvalue weighted by molar-refractivity contribution is 0.0848. The number of hydrogen-bond donors (Lipinski definition) is 2. The molecule has 124 valence electrons. The first kappa shape index (κ1) is 17.0. The maximum absolute atomic E-state index is 12.5. The molecule has 1 aromatic heterocycles. The topological polar surface area (TPSA) is 76.4 Å². The predicted octanol–water partition coefficient (Wildman–Crippen LogP) is 1.46. The van der Waals surface area contributed by atoms with Crippen LogP contribution in [0.25, 0.3) is 0 Å². The van der Waals surface area contributed by atoms with E-state index in [0.717, 1.165) is 5.56 Å². The van der Waals surface area contributed by atoms with Gasteiger partial charge in [-0.3, -0.25) is 4.79 Å². The molecular weight excluding hydrogens is 294 g/mol. The van der Waals surface area contributed by atoms with E-state index >= 15 is 0 Å². The first-order valence-corrected chi connectivity index (χ1v) is 7.54. The van der Waals surface area contributed by atoms with Crippen LogP contribution in [0, 0.1) is 6.92 Å². The van der Waals surface area contributed by atoms with E-state index in [2.05, 4.69) is 10.4 Å².